The van der Waals surface area contributed by atoms with E-state index < -0.39 is 28.5 Å². The van der Waals surface area contributed by atoms with E-state index in [2.05, 4.69) is 5.32 Å². The third-order valence-corrected chi connectivity index (χ3v) is 6.44. The van der Waals surface area contributed by atoms with E-state index >= 15 is 0 Å². The van der Waals surface area contributed by atoms with Crippen LogP contribution in [0, 0.1) is 0 Å². The molecule has 1 N–H and O–H groups in total. The molecule has 0 aliphatic carbocycles. The fraction of sp³-hybridized carbons (Fsp3) is 0.391. The maximum atomic E-state index is 13.5. The minimum absolute atomic E-state index is 0.136. The molecule has 1 atom stereocenters. The Balaban J connectivity index is 2.40. The number of halogens is 1. The quantitative estimate of drug-likeness (QED) is 0.517. The zero-order valence-electron chi connectivity index (χ0n) is 19.2. The van der Waals surface area contributed by atoms with Gasteiger partial charge in [-0.25, -0.2) is 8.42 Å². The summed E-state index contributed by atoms with van der Waals surface area (Å²) >= 11 is 5.93. The topological polar surface area (TPSA) is 96.0 Å². The van der Waals surface area contributed by atoms with Crippen LogP contribution in [0.2, 0.25) is 5.02 Å². The Hall–Kier alpha value is -2.78. The van der Waals surface area contributed by atoms with Crippen molar-refractivity contribution in [3.05, 3.63) is 59.1 Å². The number of rotatable bonds is 11. The number of nitrogens with one attached hydrogen (secondary N) is 1. The van der Waals surface area contributed by atoms with Crippen molar-refractivity contribution < 1.29 is 22.7 Å². The third kappa shape index (κ3) is 7.36. The number of nitrogens with zero attached hydrogens (tertiary/aromatic N) is 2. The van der Waals surface area contributed by atoms with Gasteiger partial charge in [0.15, 0.2) is 0 Å². The van der Waals surface area contributed by atoms with Crippen LogP contribution in [0.15, 0.2) is 48.5 Å². The van der Waals surface area contributed by atoms with Crippen LogP contribution in [0.5, 0.6) is 5.75 Å². The Morgan fingerprint density at radius 2 is 1.67 bits per heavy atom. The Morgan fingerprint density at radius 1 is 1.06 bits per heavy atom. The molecular formula is C23H30ClN3O5S. The van der Waals surface area contributed by atoms with Crippen molar-refractivity contribution in [1.29, 1.82) is 0 Å². The number of hydrogen-bond acceptors (Lipinski definition) is 5. The minimum Gasteiger partial charge on any atom is -0.497 e. The molecule has 0 saturated carbocycles. The Labute approximate surface area is 200 Å². The standard InChI is InChI=1S/C23H30ClN3O5S/c1-5-21(23(29)25-6-2)26(15-17-7-13-20(32-3)14-8-17)22(28)16-27(33(4,30)31)19-11-9-18(24)10-12-19/h7-14,21H,5-6,15-16H2,1-4H3,(H,25,29). The van der Waals surface area contributed by atoms with Gasteiger partial charge in [0.05, 0.1) is 19.1 Å². The Bertz CT molecular complexity index is 1040. The molecule has 0 aromatic heterocycles. The van der Waals surface area contributed by atoms with Gasteiger partial charge in [-0.1, -0.05) is 30.7 Å². The van der Waals surface area contributed by atoms with E-state index in [0.29, 0.717) is 29.4 Å². The van der Waals surface area contributed by atoms with Crippen LogP contribution in [0.4, 0.5) is 5.69 Å². The van der Waals surface area contributed by atoms with E-state index in [4.69, 9.17) is 16.3 Å². The molecule has 2 aromatic carbocycles. The molecule has 8 nitrogen and oxygen atoms in total. The molecular weight excluding hydrogens is 466 g/mol. The van der Waals surface area contributed by atoms with Gasteiger partial charge in [-0.2, -0.15) is 0 Å². The summed E-state index contributed by atoms with van der Waals surface area (Å²) in [6, 6.07) is 12.6. The summed E-state index contributed by atoms with van der Waals surface area (Å²) in [6.45, 7) is 3.71. The predicted octanol–water partition coefficient (Wildman–Crippen LogP) is 3.06. The van der Waals surface area contributed by atoms with Crippen molar-refractivity contribution >= 4 is 39.1 Å². The molecule has 2 rings (SSSR count). The molecule has 0 radical (unpaired) electrons. The monoisotopic (exact) mass is 495 g/mol. The summed E-state index contributed by atoms with van der Waals surface area (Å²) in [6.07, 6.45) is 1.40. The molecule has 0 aliphatic rings. The van der Waals surface area contributed by atoms with Gasteiger partial charge >= 0.3 is 0 Å². The van der Waals surface area contributed by atoms with E-state index in [0.717, 1.165) is 16.1 Å². The fourth-order valence-electron chi connectivity index (χ4n) is 3.36. The average Bonchev–Trinajstić information content (AvgIpc) is 2.77. The second-order valence-electron chi connectivity index (χ2n) is 7.43. The largest absolute Gasteiger partial charge is 0.497 e. The molecule has 33 heavy (non-hydrogen) atoms. The van der Waals surface area contributed by atoms with Crippen molar-refractivity contribution in [3.8, 4) is 5.75 Å². The molecule has 0 spiro atoms. The minimum atomic E-state index is -3.78. The zero-order chi connectivity index (χ0) is 24.6. The molecule has 0 heterocycles. The van der Waals surface area contributed by atoms with E-state index in [1.165, 1.54) is 17.0 Å². The zero-order valence-corrected chi connectivity index (χ0v) is 20.8. The highest BCUT2D eigenvalue weighted by molar-refractivity contribution is 7.92. The first-order chi connectivity index (χ1) is 15.6. The lowest BCUT2D eigenvalue weighted by Gasteiger charge is -2.32. The van der Waals surface area contributed by atoms with Gasteiger partial charge < -0.3 is 15.0 Å². The maximum absolute atomic E-state index is 13.5. The van der Waals surface area contributed by atoms with Gasteiger partial charge in [0.1, 0.15) is 18.3 Å². The lowest BCUT2D eigenvalue weighted by Crippen LogP contribution is -2.52. The van der Waals surface area contributed by atoms with Crippen molar-refractivity contribution in [2.45, 2.75) is 32.9 Å². The van der Waals surface area contributed by atoms with Crippen LogP contribution in [0.25, 0.3) is 0 Å². The summed E-state index contributed by atoms with van der Waals surface area (Å²) in [5.41, 5.74) is 1.09. The first-order valence-electron chi connectivity index (χ1n) is 10.5. The summed E-state index contributed by atoms with van der Waals surface area (Å²) in [7, 11) is -2.22. The molecule has 10 heteroatoms. The molecule has 0 aliphatic heterocycles. The van der Waals surface area contributed by atoms with E-state index in [1.807, 2.05) is 6.92 Å². The second kappa shape index (κ2) is 11.9. The molecule has 2 aromatic rings. The number of hydrogen-bond donors (Lipinski definition) is 1. The number of carbonyl (C=O) groups is 2. The van der Waals surface area contributed by atoms with Gasteiger partial charge in [0, 0.05) is 18.1 Å². The van der Waals surface area contributed by atoms with Crippen molar-refractivity contribution in [2.24, 2.45) is 0 Å². The maximum Gasteiger partial charge on any atom is 0.244 e. The SMILES string of the molecule is CCNC(=O)C(CC)N(Cc1ccc(OC)cc1)C(=O)CN(c1ccc(Cl)cc1)S(C)(=O)=O. The van der Waals surface area contributed by atoms with Crippen molar-refractivity contribution in [3.63, 3.8) is 0 Å². The highest BCUT2D eigenvalue weighted by atomic mass is 35.5. The second-order valence-corrected chi connectivity index (χ2v) is 9.78. The van der Waals surface area contributed by atoms with Gasteiger partial charge in [-0.05, 0) is 55.3 Å². The van der Waals surface area contributed by atoms with E-state index in [-0.39, 0.29) is 12.5 Å². The number of amides is 2. The summed E-state index contributed by atoms with van der Waals surface area (Å²) in [5.74, 6) is -0.123. The molecule has 2 amide bonds. The van der Waals surface area contributed by atoms with E-state index in [9.17, 15) is 18.0 Å². The molecule has 0 saturated heterocycles. The number of methoxy groups -OCH3 is 1. The van der Waals surface area contributed by atoms with E-state index in [1.54, 1.807) is 50.4 Å². The van der Waals surface area contributed by atoms with Crippen LogP contribution >= 0.6 is 11.6 Å². The van der Waals surface area contributed by atoms with Crippen molar-refractivity contribution in [1.82, 2.24) is 10.2 Å². The highest BCUT2D eigenvalue weighted by Crippen LogP contribution is 2.22. The lowest BCUT2D eigenvalue weighted by molar-refractivity contribution is -0.140. The fourth-order valence-corrected chi connectivity index (χ4v) is 4.34. The number of benzene rings is 2. The normalized spacial score (nSPS) is 12.0. The summed E-state index contributed by atoms with van der Waals surface area (Å²) in [5, 5.41) is 3.20. The van der Waals surface area contributed by atoms with Crippen LogP contribution < -0.4 is 14.4 Å². The van der Waals surface area contributed by atoms with Gasteiger partial charge in [0.25, 0.3) is 0 Å². The van der Waals surface area contributed by atoms with Crippen LogP contribution in [0.1, 0.15) is 25.8 Å². The molecule has 180 valence electrons. The van der Waals surface area contributed by atoms with Gasteiger partial charge in [-0.15, -0.1) is 0 Å². The Kier molecular flexibility index (Phi) is 9.55. The first-order valence-corrected chi connectivity index (χ1v) is 12.8. The van der Waals surface area contributed by atoms with Crippen LogP contribution in [-0.2, 0) is 26.2 Å². The smallest absolute Gasteiger partial charge is 0.244 e. The van der Waals surface area contributed by atoms with Crippen molar-refractivity contribution in [2.75, 3.05) is 30.8 Å². The van der Waals surface area contributed by atoms with Gasteiger partial charge in [-0.3, -0.25) is 13.9 Å². The predicted molar refractivity (Wildman–Crippen MR) is 130 cm³/mol. The van der Waals surface area contributed by atoms with Crippen LogP contribution in [0.3, 0.4) is 0 Å². The number of sulfonamides is 1. The number of anilines is 1. The Morgan fingerprint density at radius 3 is 2.15 bits per heavy atom. The average molecular weight is 496 g/mol. The molecule has 0 fully saturated rings. The summed E-state index contributed by atoms with van der Waals surface area (Å²) < 4.78 is 31.2. The molecule has 0 bridgehead atoms. The summed E-state index contributed by atoms with van der Waals surface area (Å²) in [4.78, 5) is 27.6. The molecule has 1 unspecified atom stereocenters. The number of ether oxygens (including phenoxy) is 1. The van der Waals surface area contributed by atoms with Crippen LogP contribution in [-0.4, -0.2) is 57.6 Å². The third-order valence-electron chi connectivity index (χ3n) is 5.04. The number of carbonyl (C=O) groups excluding carboxylic acids is 2. The highest BCUT2D eigenvalue weighted by Gasteiger charge is 2.31. The lowest BCUT2D eigenvalue weighted by atomic mass is 10.1. The van der Waals surface area contributed by atoms with Gasteiger partial charge in [0.2, 0.25) is 21.8 Å². The first kappa shape index (κ1) is 26.5. The number of likely N-dealkylation sites (N-methyl/N-ethyl adjacent to an activating group) is 1.